The first kappa shape index (κ1) is 22.4. The molecule has 142 valence electrons. The maximum atomic E-state index is 12.5. The SMILES string of the molecule is C#CC(OS(=O)c1ccc(C)cc1)C(C)(C)C/C=C(/C)CCC=C(C)C. The van der Waals surface area contributed by atoms with Crippen molar-refractivity contribution in [1.29, 1.82) is 0 Å². The van der Waals surface area contributed by atoms with E-state index in [2.05, 4.69) is 52.7 Å². The minimum atomic E-state index is -1.56. The normalized spacial score (nSPS) is 14.4. The van der Waals surface area contributed by atoms with Gasteiger partial charge in [-0.1, -0.05) is 60.8 Å². The second-order valence-corrected chi connectivity index (χ2v) is 8.89. The van der Waals surface area contributed by atoms with Crippen molar-refractivity contribution in [1.82, 2.24) is 0 Å². The van der Waals surface area contributed by atoms with Gasteiger partial charge in [-0.2, -0.15) is 0 Å². The average molecular weight is 373 g/mol. The van der Waals surface area contributed by atoms with Crippen LogP contribution in [0.15, 0.2) is 52.5 Å². The highest BCUT2D eigenvalue weighted by molar-refractivity contribution is 7.80. The Morgan fingerprint density at radius 1 is 1.23 bits per heavy atom. The van der Waals surface area contributed by atoms with Crippen LogP contribution in [0, 0.1) is 24.7 Å². The second kappa shape index (κ2) is 10.5. The van der Waals surface area contributed by atoms with Crippen molar-refractivity contribution in [2.45, 2.75) is 71.8 Å². The second-order valence-electron chi connectivity index (χ2n) is 7.75. The lowest BCUT2D eigenvalue weighted by molar-refractivity contribution is 0.138. The van der Waals surface area contributed by atoms with Crippen LogP contribution in [0.4, 0.5) is 0 Å². The first-order chi connectivity index (χ1) is 12.2. The van der Waals surface area contributed by atoms with Gasteiger partial charge in [-0.15, -0.1) is 6.42 Å². The molecule has 2 atom stereocenters. The number of hydrogen-bond acceptors (Lipinski definition) is 2. The molecule has 0 amide bonds. The standard InChI is InChI=1S/C23H32O2S/c1-8-22(25-26(24)21-14-12-20(5)13-15-21)23(6,7)17-16-19(4)11-9-10-18(2)3/h1,10,12-16,22H,9,11,17H2,2-7H3/b19-16-. The number of aryl methyl sites for hydroxylation is 1. The summed E-state index contributed by atoms with van der Waals surface area (Å²) in [7, 11) is 0. The first-order valence-corrected chi connectivity index (χ1v) is 10.1. The Hall–Kier alpha value is -1.63. The zero-order valence-corrected chi connectivity index (χ0v) is 17.8. The topological polar surface area (TPSA) is 26.3 Å². The van der Waals surface area contributed by atoms with Gasteiger partial charge in [-0.3, -0.25) is 4.18 Å². The van der Waals surface area contributed by atoms with Crippen molar-refractivity contribution >= 4 is 11.1 Å². The minimum Gasteiger partial charge on any atom is -0.270 e. The van der Waals surface area contributed by atoms with Crippen molar-refractivity contribution in [3.63, 3.8) is 0 Å². The molecule has 0 heterocycles. The highest BCUT2D eigenvalue weighted by atomic mass is 32.2. The van der Waals surface area contributed by atoms with Gasteiger partial charge in [0.25, 0.3) is 0 Å². The number of rotatable bonds is 9. The molecule has 0 aliphatic rings. The van der Waals surface area contributed by atoms with Crippen LogP contribution in [0.3, 0.4) is 0 Å². The molecule has 1 rings (SSSR count). The third-order valence-electron chi connectivity index (χ3n) is 4.33. The fourth-order valence-corrected chi connectivity index (χ4v) is 3.37. The van der Waals surface area contributed by atoms with E-state index >= 15 is 0 Å². The number of benzene rings is 1. The third-order valence-corrected chi connectivity index (χ3v) is 5.35. The predicted octanol–water partition coefficient (Wildman–Crippen LogP) is 6.15. The highest BCUT2D eigenvalue weighted by Crippen LogP contribution is 2.30. The Bertz CT molecular complexity index is 699. The van der Waals surface area contributed by atoms with Gasteiger partial charge in [0.05, 0.1) is 4.90 Å². The van der Waals surface area contributed by atoms with E-state index in [4.69, 9.17) is 10.6 Å². The van der Waals surface area contributed by atoms with E-state index in [9.17, 15) is 4.21 Å². The maximum absolute atomic E-state index is 12.5. The predicted molar refractivity (Wildman–Crippen MR) is 112 cm³/mol. The lowest BCUT2D eigenvalue weighted by atomic mass is 9.82. The lowest BCUT2D eigenvalue weighted by Gasteiger charge is -2.29. The fourth-order valence-electron chi connectivity index (χ4n) is 2.41. The van der Waals surface area contributed by atoms with Gasteiger partial charge in [-0.05, 0) is 59.1 Å². The van der Waals surface area contributed by atoms with E-state index in [0.717, 1.165) is 24.8 Å². The van der Waals surface area contributed by atoms with Crippen LogP contribution in [0.25, 0.3) is 0 Å². The van der Waals surface area contributed by atoms with Crippen molar-refractivity contribution < 1.29 is 8.39 Å². The molecule has 2 unspecified atom stereocenters. The van der Waals surface area contributed by atoms with E-state index in [1.165, 1.54) is 11.1 Å². The molecule has 0 aromatic heterocycles. The van der Waals surface area contributed by atoms with E-state index in [1.54, 1.807) is 0 Å². The largest absolute Gasteiger partial charge is 0.270 e. The molecular weight excluding hydrogens is 340 g/mol. The Morgan fingerprint density at radius 2 is 1.85 bits per heavy atom. The molecule has 0 aliphatic carbocycles. The number of hydrogen-bond donors (Lipinski definition) is 0. The summed E-state index contributed by atoms with van der Waals surface area (Å²) in [5.41, 5.74) is 3.50. The molecule has 0 bridgehead atoms. The molecule has 0 saturated carbocycles. The van der Waals surface area contributed by atoms with Gasteiger partial charge >= 0.3 is 0 Å². The smallest absolute Gasteiger partial charge is 0.190 e. The molecule has 0 aliphatic heterocycles. The summed E-state index contributed by atoms with van der Waals surface area (Å²) in [5, 5.41) is 0. The summed E-state index contributed by atoms with van der Waals surface area (Å²) in [6, 6.07) is 7.48. The summed E-state index contributed by atoms with van der Waals surface area (Å²) in [6.45, 7) is 12.5. The summed E-state index contributed by atoms with van der Waals surface area (Å²) in [6.07, 6.45) is 12.5. The molecule has 1 aromatic rings. The first-order valence-electron chi connectivity index (χ1n) is 9.06. The molecule has 26 heavy (non-hydrogen) atoms. The maximum Gasteiger partial charge on any atom is 0.190 e. The molecule has 1 aromatic carbocycles. The quantitative estimate of drug-likeness (QED) is 0.384. The fraction of sp³-hybridized carbons (Fsp3) is 0.478. The van der Waals surface area contributed by atoms with E-state index in [-0.39, 0.29) is 5.41 Å². The molecule has 0 spiro atoms. The summed E-state index contributed by atoms with van der Waals surface area (Å²) < 4.78 is 18.2. The van der Waals surface area contributed by atoms with Crippen LogP contribution < -0.4 is 0 Å². The molecular formula is C23H32O2S. The van der Waals surface area contributed by atoms with E-state index < -0.39 is 17.2 Å². The molecule has 2 nitrogen and oxygen atoms in total. The Kier molecular flexibility index (Phi) is 9.05. The van der Waals surface area contributed by atoms with E-state index in [1.807, 2.05) is 31.2 Å². The van der Waals surface area contributed by atoms with Crippen LogP contribution >= 0.6 is 0 Å². The average Bonchev–Trinajstić information content (AvgIpc) is 2.58. The summed E-state index contributed by atoms with van der Waals surface area (Å²) >= 11 is -1.56. The summed E-state index contributed by atoms with van der Waals surface area (Å²) in [4.78, 5) is 0.639. The van der Waals surface area contributed by atoms with Crippen LogP contribution in [0.2, 0.25) is 0 Å². The zero-order valence-electron chi connectivity index (χ0n) is 17.0. The molecule has 0 fully saturated rings. The van der Waals surface area contributed by atoms with Crippen LogP contribution in [0.5, 0.6) is 0 Å². The molecule has 3 heteroatoms. The zero-order chi connectivity index (χ0) is 19.7. The van der Waals surface area contributed by atoms with Gasteiger partial charge in [0.2, 0.25) is 0 Å². The molecule has 0 radical (unpaired) electrons. The van der Waals surface area contributed by atoms with Crippen LogP contribution in [0.1, 0.15) is 59.4 Å². The van der Waals surface area contributed by atoms with Gasteiger partial charge in [0, 0.05) is 5.41 Å². The van der Waals surface area contributed by atoms with Crippen molar-refractivity contribution in [2.24, 2.45) is 5.41 Å². The minimum absolute atomic E-state index is 0.299. The summed E-state index contributed by atoms with van der Waals surface area (Å²) in [5.74, 6) is 2.68. The van der Waals surface area contributed by atoms with Crippen molar-refractivity contribution in [2.75, 3.05) is 0 Å². The van der Waals surface area contributed by atoms with Crippen LogP contribution in [-0.4, -0.2) is 10.3 Å². The van der Waals surface area contributed by atoms with Crippen molar-refractivity contribution in [3.05, 3.63) is 53.1 Å². The number of allylic oxidation sites excluding steroid dienone is 4. The Labute approximate surface area is 162 Å². The Morgan fingerprint density at radius 3 is 2.38 bits per heavy atom. The Balaban J connectivity index is 2.71. The molecule has 0 N–H and O–H groups in total. The number of terminal acetylenes is 1. The van der Waals surface area contributed by atoms with Crippen LogP contribution in [-0.2, 0) is 15.3 Å². The van der Waals surface area contributed by atoms with Gasteiger partial charge in [-0.25, -0.2) is 4.21 Å². The molecule has 0 saturated heterocycles. The van der Waals surface area contributed by atoms with Gasteiger partial charge < -0.3 is 0 Å². The van der Waals surface area contributed by atoms with Gasteiger partial charge in [0.15, 0.2) is 11.1 Å². The third kappa shape index (κ3) is 7.72. The van der Waals surface area contributed by atoms with E-state index in [0.29, 0.717) is 4.90 Å². The lowest BCUT2D eigenvalue weighted by Crippen LogP contribution is -2.31. The van der Waals surface area contributed by atoms with Gasteiger partial charge in [0.1, 0.15) is 6.10 Å². The monoisotopic (exact) mass is 372 g/mol. The van der Waals surface area contributed by atoms with Crippen molar-refractivity contribution in [3.8, 4) is 12.3 Å². The highest BCUT2D eigenvalue weighted by Gasteiger charge is 2.30.